The summed E-state index contributed by atoms with van der Waals surface area (Å²) in [4.78, 5) is 1.90. The maximum Gasteiger partial charge on any atom is 0.173 e. The zero-order chi connectivity index (χ0) is 13.8. The van der Waals surface area contributed by atoms with Gasteiger partial charge in [-0.05, 0) is 49.0 Å². The average molecular weight is 295 g/mol. The molecule has 0 radical (unpaired) electrons. The Labute approximate surface area is 123 Å². The highest BCUT2D eigenvalue weighted by atomic mass is 35.5. The van der Waals surface area contributed by atoms with Crippen molar-refractivity contribution in [1.82, 2.24) is 4.90 Å². The predicted octanol–water partition coefficient (Wildman–Crippen LogP) is 4.07. The van der Waals surface area contributed by atoms with Gasteiger partial charge in [-0.2, -0.15) is 0 Å². The third kappa shape index (κ3) is 3.72. The van der Waals surface area contributed by atoms with Crippen LogP contribution in [-0.4, -0.2) is 17.1 Å². The highest BCUT2D eigenvalue weighted by Crippen LogP contribution is 2.20. The van der Waals surface area contributed by atoms with Crippen LogP contribution in [0.3, 0.4) is 0 Å². The molecule has 0 spiro atoms. The molecule has 0 amide bonds. The molecular weight excluding hydrogens is 280 g/mol. The van der Waals surface area contributed by atoms with Crippen molar-refractivity contribution in [3.63, 3.8) is 0 Å². The molecule has 1 aromatic heterocycles. The van der Waals surface area contributed by atoms with E-state index in [1.165, 1.54) is 0 Å². The zero-order valence-corrected chi connectivity index (χ0v) is 12.4. The predicted molar refractivity (Wildman–Crippen MR) is 82.6 cm³/mol. The molecular formula is C14H15ClN2OS. The molecule has 5 heteroatoms. The molecule has 1 heterocycles. The SMILES string of the molecule is Cc1ccc(NC(=S)N(C)Cc2ccco2)cc1Cl. The largest absolute Gasteiger partial charge is 0.467 e. The van der Waals surface area contributed by atoms with Crippen LogP contribution in [0.15, 0.2) is 41.0 Å². The molecule has 0 aliphatic heterocycles. The van der Waals surface area contributed by atoms with Gasteiger partial charge in [-0.1, -0.05) is 17.7 Å². The summed E-state index contributed by atoms with van der Waals surface area (Å²) in [5.41, 5.74) is 1.92. The molecule has 2 aromatic rings. The molecule has 0 fully saturated rings. The molecule has 1 N–H and O–H groups in total. The van der Waals surface area contributed by atoms with Gasteiger partial charge in [0.15, 0.2) is 5.11 Å². The standard InChI is InChI=1S/C14H15ClN2OS/c1-10-5-6-11(8-13(10)15)16-14(19)17(2)9-12-4-3-7-18-12/h3-8H,9H2,1-2H3,(H,16,19). The number of hydrogen-bond donors (Lipinski definition) is 1. The second kappa shape index (κ2) is 6.08. The fourth-order valence-electron chi connectivity index (χ4n) is 1.60. The van der Waals surface area contributed by atoms with Crippen LogP contribution < -0.4 is 5.32 Å². The minimum Gasteiger partial charge on any atom is -0.467 e. The molecule has 19 heavy (non-hydrogen) atoms. The van der Waals surface area contributed by atoms with Crippen LogP contribution in [0.1, 0.15) is 11.3 Å². The summed E-state index contributed by atoms with van der Waals surface area (Å²) in [6.45, 7) is 2.59. The Balaban J connectivity index is 1.98. The number of rotatable bonds is 3. The Kier molecular flexibility index (Phi) is 4.45. The molecule has 0 aliphatic rings. The van der Waals surface area contributed by atoms with Crippen LogP contribution in [0.4, 0.5) is 5.69 Å². The second-order valence-electron chi connectivity index (χ2n) is 4.33. The van der Waals surface area contributed by atoms with E-state index < -0.39 is 0 Å². The Bertz CT molecular complexity index is 569. The van der Waals surface area contributed by atoms with E-state index in [0.29, 0.717) is 11.7 Å². The summed E-state index contributed by atoms with van der Waals surface area (Å²) in [5, 5.41) is 4.50. The molecule has 3 nitrogen and oxygen atoms in total. The first kappa shape index (κ1) is 13.9. The van der Waals surface area contributed by atoms with E-state index in [-0.39, 0.29) is 0 Å². The summed E-state index contributed by atoms with van der Waals surface area (Å²) >= 11 is 11.4. The van der Waals surface area contributed by atoms with Crippen molar-refractivity contribution in [1.29, 1.82) is 0 Å². The number of benzene rings is 1. The minimum atomic E-state index is 0.622. The normalized spacial score (nSPS) is 10.3. The van der Waals surface area contributed by atoms with Gasteiger partial charge in [0.2, 0.25) is 0 Å². The zero-order valence-electron chi connectivity index (χ0n) is 10.8. The first-order valence-corrected chi connectivity index (χ1v) is 6.65. The minimum absolute atomic E-state index is 0.622. The van der Waals surface area contributed by atoms with Crippen molar-refractivity contribution in [2.24, 2.45) is 0 Å². The van der Waals surface area contributed by atoms with Crippen molar-refractivity contribution in [2.75, 3.05) is 12.4 Å². The van der Waals surface area contributed by atoms with E-state index in [9.17, 15) is 0 Å². The Hall–Kier alpha value is -1.52. The smallest absolute Gasteiger partial charge is 0.173 e. The van der Waals surface area contributed by atoms with Crippen molar-refractivity contribution in [3.05, 3.63) is 52.9 Å². The topological polar surface area (TPSA) is 28.4 Å². The fourth-order valence-corrected chi connectivity index (χ4v) is 1.96. The monoisotopic (exact) mass is 294 g/mol. The Morgan fingerprint density at radius 1 is 1.42 bits per heavy atom. The Morgan fingerprint density at radius 3 is 2.84 bits per heavy atom. The summed E-state index contributed by atoms with van der Waals surface area (Å²) in [6.07, 6.45) is 1.65. The van der Waals surface area contributed by atoms with Gasteiger partial charge in [0.05, 0.1) is 12.8 Å². The number of aryl methyl sites for hydroxylation is 1. The maximum atomic E-state index is 6.08. The van der Waals surface area contributed by atoms with Gasteiger partial charge < -0.3 is 14.6 Å². The number of hydrogen-bond acceptors (Lipinski definition) is 2. The lowest BCUT2D eigenvalue weighted by Crippen LogP contribution is -2.30. The highest BCUT2D eigenvalue weighted by Gasteiger charge is 2.07. The summed E-state index contributed by atoms with van der Waals surface area (Å²) in [7, 11) is 1.91. The number of nitrogens with zero attached hydrogens (tertiary/aromatic N) is 1. The van der Waals surface area contributed by atoms with E-state index in [1.807, 2.05) is 49.2 Å². The molecule has 0 unspecified atom stereocenters. The molecule has 0 saturated carbocycles. The molecule has 0 atom stereocenters. The highest BCUT2D eigenvalue weighted by molar-refractivity contribution is 7.80. The van der Waals surface area contributed by atoms with E-state index in [0.717, 1.165) is 22.0 Å². The number of nitrogens with one attached hydrogen (secondary N) is 1. The van der Waals surface area contributed by atoms with Gasteiger partial charge in [0.1, 0.15) is 5.76 Å². The van der Waals surface area contributed by atoms with Crippen molar-refractivity contribution in [3.8, 4) is 0 Å². The van der Waals surface area contributed by atoms with E-state index in [2.05, 4.69) is 5.32 Å². The fraction of sp³-hybridized carbons (Fsp3) is 0.214. The van der Waals surface area contributed by atoms with E-state index in [1.54, 1.807) is 6.26 Å². The lowest BCUT2D eigenvalue weighted by Gasteiger charge is -2.20. The van der Waals surface area contributed by atoms with Crippen LogP contribution in [-0.2, 0) is 6.54 Å². The van der Waals surface area contributed by atoms with Gasteiger partial charge in [-0.3, -0.25) is 0 Å². The summed E-state index contributed by atoms with van der Waals surface area (Å²) < 4.78 is 5.29. The summed E-state index contributed by atoms with van der Waals surface area (Å²) in [6, 6.07) is 9.55. The van der Waals surface area contributed by atoms with E-state index >= 15 is 0 Å². The van der Waals surface area contributed by atoms with Crippen LogP contribution in [0.25, 0.3) is 0 Å². The van der Waals surface area contributed by atoms with Crippen LogP contribution in [0.2, 0.25) is 5.02 Å². The quantitative estimate of drug-likeness (QED) is 0.864. The van der Waals surface area contributed by atoms with Gasteiger partial charge in [0.25, 0.3) is 0 Å². The average Bonchev–Trinajstić information content (AvgIpc) is 2.86. The van der Waals surface area contributed by atoms with Crippen LogP contribution >= 0.6 is 23.8 Å². The number of anilines is 1. The molecule has 2 rings (SSSR count). The van der Waals surface area contributed by atoms with Crippen molar-refractivity contribution < 1.29 is 4.42 Å². The number of halogens is 1. The maximum absolute atomic E-state index is 6.08. The molecule has 0 aliphatic carbocycles. The third-order valence-electron chi connectivity index (χ3n) is 2.74. The van der Waals surface area contributed by atoms with Gasteiger partial charge >= 0.3 is 0 Å². The number of thiocarbonyl (C=S) groups is 1. The van der Waals surface area contributed by atoms with Gasteiger partial charge in [-0.15, -0.1) is 0 Å². The van der Waals surface area contributed by atoms with Crippen LogP contribution in [0.5, 0.6) is 0 Å². The van der Waals surface area contributed by atoms with Gasteiger partial charge in [0, 0.05) is 17.8 Å². The summed E-state index contributed by atoms with van der Waals surface area (Å²) in [5.74, 6) is 0.869. The van der Waals surface area contributed by atoms with Gasteiger partial charge in [-0.25, -0.2) is 0 Å². The van der Waals surface area contributed by atoms with Crippen LogP contribution in [0, 0.1) is 6.92 Å². The first-order chi connectivity index (χ1) is 9.06. The Morgan fingerprint density at radius 2 is 2.21 bits per heavy atom. The molecule has 0 saturated heterocycles. The number of furan rings is 1. The molecule has 1 aromatic carbocycles. The second-order valence-corrected chi connectivity index (χ2v) is 5.12. The van der Waals surface area contributed by atoms with E-state index in [4.69, 9.17) is 28.2 Å². The lowest BCUT2D eigenvalue weighted by molar-refractivity contribution is 0.414. The van der Waals surface area contributed by atoms with Crippen molar-refractivity contribution >= 4 is 34.6 Å². The molecule has 100 valence electrons. The molecule has 0 bridgehead atoms. The van der Waals surface area contributed by atoms with Crippen molar-refractivity contribution in [2.45, 2.75) is 13.5 Å². The lowest BCUT2D eigenvalue weighted by atomic mass is 10.2. The third-order valence-corrected chi connectivity index (χ3v) is 3.56. The first-order valence-electron chi connectivity index (χ1n) is 5.87.